The van der Waals surface area contributed by atoms with Gasteiger partial charge in [-0.1, -0.05) is 11.3 Å². The minimum Gasteiger partial charge on any atom is -0.382 e. The predicted molar refractivity (Wildman–Crippen MR) is 94.9 cm³/mol. The number of rotatable bonds is 4. The SMILES string of the molecule is CC(C)n1cc([C@@]2(O)CCN(Cc3ccc4c(c3)ncn4C)C2)nn1. The number of nitrogens with zero attached hydrogens (tertiary/aromatic N) is 6. The number of fused-ring (bicyclic) bond motifs is 1. The molecule has 3 heterocycles. The molecule has 0 bridgehead atoms. The molecule has 0 saturated carbocycles. The number of imidazole rings is 1. The van der Waals surface area contributed by atoms with Crippen molar-refractivity contribution in [1.82, 2.24) is 29.4 Å². The molecule has 0 radical (unpaired) electrons. The molecule has 0 aliphatic carbocycles. The summed E-state index contributed by atoms with van der Waals surface area (Å²) in [6.07, 6.45) is 4.38. The van der Waals surface area contributed by atoms with Gasteiger partial charge in [0.2, 0.25) is 0 Å². The lowest BCUT2D eigenvalue weighted by atomic mass is 10.00. The van der Waals surface area contributed by atoms with Gasteiger partial charge in [-0.15, -0.1) is 5.10 Å². The first-order valence-corrected chi connectivity index (χ1v) is 8.72. The van der Waals surface area contributed by atoms with Crippen molar-refractivity contribution in [2.24, 2.45) is 7.05 Å². The van der Waals surface area contributed by atoms with Crippen molar-refractivity contribution >= 4 is 11.0 Å². The van der Waals surface area contributed by atoms with E-state index in [1.54, 1.807) is 4.68 Å². The number of hydrogen-bond donors (Lipinski definition) is 1. The number of aromatic nitrogens is 5. The average Bonchev–Trinajstić information content (AvgIpc) is 3.28. The highest BCUT2D eigenvalue weighted by Crippen LogP contribution is 2.31. The minimum atomic E-state index is -0.914. The van der Waals surface area contributed by atoms with Gasteiger partial charge in [0.05, 0.1) is 23.6 Å². The second-order valence-electron chi connectivity index (χ2n) is 7.35. The maximum absolute atomic E-state index is 11.0. The van der Waals surface area contributed by atoms with E-state index >= 15 is 0 Å². The summed E-state index contributed by atoms with van der Waals surface area (Å²) in [7, 11) is 2.00. The number of aliphatic hydroxyl groups is 1. The molecule has 1 fully saturated rings. The molecule has 0 amide bonds. The molecule has 25 heavy (non-hydrogen) atoms. The van der Waals surface area contributed by atoms with Crippen LogP contribution in [0.15, 0.2) is 30.7 Å². The second-order valence-corrected chi connectivity index (χ2v) is 7.35. The molecular weight excluding hydrogens is 316 g/mol. The summed E-state index contributed by atoms with van der Waals surface area (Å²) in [5.74, 6) is 0. The van der Waals surface area contributed by atoms with Crippen LogP contribution in [-0.4, -0.2) is 47.6 Å². The molecular formula is C18H24N6O. The third-order valence-corrected chi connectivity index (χ3v) is 5.04. The van der Waals surface area contributed by atoms with Crippen LogP contribution in [0.1, 0.15) is 37.6 Å². The third-order valence-electron chi connectivity index (χ3n) is 5.04. The highest BCUT2D eigenvalue weighted by atomic mass is 16.3. The van der Waals surface area contributed by atoms with Crippen LogP contribution >= 0.6 is 0 Å². The normalized spacial score (nSPS) is 21.6. The molecule has 1 saturated heterocycles. The van der Waals surface area contributed by atoms with Crippen LogP contribution in [0.5, 0.6) is 0 Å². The lowest BCUT2D eigenvalue weighted by Crippen LogP contribution is -2.31. The van der Waals surface area contributed by atoms with Crippen molar-refractivity contribution in [3.8, 4) is 0 Å². The quantitative estimate of drug-likeness (QED) is 0.785. The molecule has 3 aromatic rings. The van der Waals surface area contributed by atoms with Crippen LogP contribution in [0.4, 0.5) is 0 Å². The summed E-state index contributed by atoms with van der Waals surface area (Å²) in [6, 6.07) is 6.61. The third kappa shape index (κ3) is 2.94. The van der Waals surface area contributed by atoms with Crippen LogP contribution in [0.25, 0.3) is 11.0 Å². The van der Waals surface area contributed by atoms with Gasteiger partial charge in [0.15, 0.2) is 0 Å². The molecule has 0 spiro atoms. The summed E-state index contributed by atoms with van der Waals surface area (Å²) in [4.78, 5) is 6.69. The van der Waals surface area contributed by atoms with Crippen molar-refractivity contribution in [3.05, 3.63) is 42.0 Å². The van der Waals surface area contributed by atoms with E-state index in [-0.39, 0.29) is 6.04 Å². The average molecular weight is 340 g/mol. The van der Waals surface area contributed by atoms with E-state index in [9.17, 15) is 5.11 Å². The first kappa shape index (κ1) is 16.2. The fourth-order valence-electron chi connectivity index (χ4n) is 3.50. The van der Waals surface area contributed by atoms with Gasteiger partial charge in [-0.25, -0.2) is 9.67 Å². The Bertz CT molecular complexity index is 898. The Morgan fingerprint density at radius 2 is 2.16 bits per heavy atom. The Kier molecular flexibility index (Phi) is 3.85. The number of aryl methyl sites for hydroxylation is 1. The second kappa shape index (κ2) is 5.93. The van der Waals surface area contributed by atoms with E-state index < -0.39 is 5.60 Å². The molecule has 4 rings (SSSR count). The van der Waals surface area contributed by atoms with Crippen LogP contribution in [0.2, 0.25) is 0 Å². The highest BCUT2D eigenvalue weighted by Gasteiger charge is 2.40. The highest BCUT2D eigenvalue weighted by molar-refractivity contribution is 5.75. The van der Waals surface area contributed by atoms with Gasteiger partial charge in [0.1, 0.15) is 11.3 Å². The van der Waals surface area contributed by atoms with Crippen molar-refractivity contribution in [2.45, 2.75) is 38.5 Å². The summed E-state index contributed by atoms with van der Waals surface area (Å²) in [5, 5.41) is 19.3. The molecule has 1 N–H and O–H groups in total. The van der Waals surface area contributed by atoms with Gasteiger partial charge >= 0.3 is 0 Å². The number of β-amino-alcohol motifs (C(OH)–C–C–N with tert-alkyl or cyclic N) is 1. The predicted octanol–water partition coefficient (Wildman–Crippen LogP) is 1.84. The molecule has 7 heteroatoms. The zero-order valence-electron chi connectivity index (χ0n) is 14.9. The zero-order valence-corrected chi connectivity index (χ0v) is 14.9. The number of likely N-dealkylation sites (tertiary alicyclic amines) is 1. The summed E-state index contributed by atoms with van der Waals surface area (Å²) in [6.45, 7) is 6.32. The molecule has 1 aromatic carbocycles. The summed E-state index contributed by atoms with van der Waals surface area (Å²) in [5.41, 5.74) is 3.11. The van der Waals surface area contributed by atoms with Gasteiger partial charge in [-0.05, 0) is 38.0 Å². The van der Waals surface area contributed by atoms with Gasteiger partial charge in [0, 0.05) is 32.7 Å². The van der Waals surface area contributed by atoms with Crippen molar-refractivity contribution in [3.63, 3.8) is 0 Å². The Labute approximate surface area is 146 Å². The molecule has 2 aromatic heterocycles. The maximum Gasteiger partial charge on any atom is 0.124 e. The van der Waals surface area contributed by atoms with Crippen LogP contribution in [0, 0.1) is 0 Å². The first-order chi connectivity index (χ1) is 11.9. The van der Waals surface area contributed by atoms with Crippen molar-refractivity contribution in [1.29, 1.82) is 0 Å². The minimum absolute atomic E-state index is 0.243. The smallest absolute Gasteiger partial charge is 0.124 e. The Morgan fingerprint density at radius 3 is 2.92 bits per heavy atom. The number of benzene rings is 1. The van der Waals surface area contributed by atoms with Crippen molar-refractivity contribution in [2.75, 3.05) is 13.1 Å². The van der Waals surface area contributed by atoms with Gasteiger partial charge in [-0.3, -0.25) is 4.90 Å². The fourth-order valence-corrected chi connectivity index (χ4v) is 3.50. The van der Waals surface area contributed by atoms with E-state index in [4.69, 9.17) is 0 Å². The van der Waals surface area contributed by atoms with E-state index in [0.717, 1.165) is 24.1 Å². The molecule has 1 atom stereocenters. The molecule has 7 nitrogen and oxygen atoms in total. The summed E-state index contributed by atoms with van der Waals surface area (Å²) >= 11 is 0. The molecule has 1 aliphatic rings. The van der Waals surface area contributed by atoms with E-state index in [0.29, 0.717) is 18.7 Å². The van der Waals surface area contributed by atoms with Crippen LogP contribution in [0.3, 0.4) is 0 Å². The Hall–Kier alpha value is -2.25. The van der Waals surface area contributed by atoms with Gasteiger partial charge < -0.3 is 9.67 Å². The van der Waals surface area contributed by atoms with E-state index in [1.165, 1.54) is 5.56 Å². The van der Waals surface area contributed by atoms with E-state index in [2.05, 4.69) is 52.2 Å². The van der Waals surface area contributed by atoms with Crippen LogP contribution in [-0.2, 0) is 19.2 Å². The summed E-state index contributed by atoms with van der Waals surface area (Å²) < 4.78 is 3.82. The van der Waals surface area contributed by atoms with E-state index in [1.807, 2.05) is 24.1 Å². The van der Waals surface area contributed by atoms with Gasteiger partial charge in [0.25, 0.3) is 0 Å². The number of hydrogen-bond acceptors (Lipinski definition) is 5. The largest absolute Gasteiger partial charge is 0.382 e. The fraction of sp³-hybridized carbons (Fsp3) is 0.500. The lowest BCUT2D eigenvalue weighted by Gasteiger charge is -2.21. The molecule has 0 unspecified atom stereocenters. The Balaban J connectivity index is 1.49. The Morgan fingerprint density at radius 1 is 1.32 bits per heavy atom. The molecule has 1 aliphatic heterocycles. The zero-order chi connectivity index (χ0) is 17.6. The van der Waals surface area contributed by atoms with Gasteiger partial charge in [-0.2, -0.15) is 0 Å². The topological polar surface area (TPSA) is 72.0 Å². The first-order valence-electron chi connectivity index (χ1n) is 8.72. The maximum atomic E-state index is 11.0. The van der Waals surface area contributed by atoms with Crippen LogP contribution < -0.4 is 0 Å². The standard InChI is InChI=1S/C18H24N6O/c1-13(2)24-10-17(20-21-24)18(25)6-7-23(11-18)9-14-4-5-16-15(8-14)19-12-22(16)3/h4-5,8,10,12-13,25H,6-7,9,11H2,1-3H3/t18-/m1/s1. The molecule has 132 valence electrons. The monoisotopic (exact) mass is 340 g/mol. The lowest BCUT2D eigenvalue weighted by molar-refractivity contribution is 0.0408. The van der Waals surface area contributed by atoms with Crippen molar-refractivity contribution < 1.29 is 5.11 Å².